The minimum absolute atomic E-state index is 0.341. The highest BCUT2D eigenvalue weighted by Gasteiger charge is 2.25. The molecule has 1 aliphatic heterocycles. The van der Waals surface area contributed by atoms with Crippen molar-refractivity contribution in [3.63, 3.8) is 0 Å². The van der Waals surface area contributed by atoms with Crippen LogP contribution in [-0.2, 0) is 0 Å². The molecule has 20 heavy (non-hydrogen) atoms. The molecule has 1 N–H and O–H groups in total. The molecule has 2 rings (SSSR count). The second kappa shape index (κ2) is 7.44. The lowest BCUT2D eigenvalue weighted by molar-refractivity contribution is 0.109. The Bertz CT molecular complexity index is 421. The highest BCUT2D eigenvalue weighted by atomic mass is 35.5. The van der Waals surface area contributed by atoms with E-state index in [4.69, 9.17) is 11.6 Å². The van der Waals surface area contributed by atoms with Gasteiger partial charge < -0.3 is 10.2 Å². The van der Waals surface area contributed by atoms with Crippen LogP contribution in [0.5, 0.6) is 0 Å². The van der Waals surface area contributed by atoms with Gasteiger partial charge in [0.15, 0.2) is 0 Å². The van der Waals surface area contributed by atoms with Crippen LogP contribution in [0.2, 0.25) is 5.02 Å². The Morgan fingerprint density at radius 2 is 2.10 bits per heavy atom. The molecule has 0 bridgehead atoms. The zero-order valence-electron chi connectivity index (χ0n) is 12.9. The first kappa shape index (κ1) is 15.8. The Kier molecular flexibility index (Phi) is 5.88. The lowest BCUT2D eigenvalue weighted by atomic mass is 9.91. The van der Waals surface area contributed by atoms with Gasteiger partial charge in [-0.2, -0.15) is 0 Å². The molecular weight excluding hydrogens is 268 g/mol. The number of halogens is 1. The average Bonchev–Trinajstić information content (AvgIpc) is 2.45. The van der Waals surface area contributed by atoms with E-state index in [1.165, 1.54) is 24.9 Å². The number of nitrogens with one attached hydrogen (secondary N) is 1. The monoisotopic (exact) mass is 294 g/mol. The lowest BCUT2D eigenvalue weighted by Gasteiger charge is -2.38. The van der Waals surface area contributed by atoms with E-state index < -0.39 is 0 Å². The molecule has 1 saturated heterocycles. The first-order valence-corrected chi connectivity index (χ1v) is 8.17. The van der Waals surface area contributed by atoms with Crippen LogP contribution >= 0.6 is 11.6 Å². The molecule has 0 amide bonds. The van der Waals surface area contributed by atoms with Crippen LogP contribution in [0.25, 0.3) is 0 Å². The molecule has 112 valence electrons. The normalized spacial score (nSPS) is 25.6. The summed E-state index contributed by atoms with van der Waals surface area (Å²) in [5.41, 5.74) is 1.22. The van der Waals surface area contributed by atoms with Crippen molar-refractivity contribution in [1.29, 1.82) is 0 Å². The minimum atomic E-state index is 0.341. The lowest BCUT2D eigenvalue weighted by Crippen LogP contribution is -2.43. The molecule has 3 heteroatoms. The van der Waals surface area contributed by atoms with Gasteiger partial charge in [0.05, 0.1) is 0 Å². The van der Waals surface area contributed by atoms with Crippen LogP contribution in [0.1, 0.15) is 44.7 Å². The summed E-state index contributed by atoms with van der Waals surface area (Å²) in [4.78, 5) is 2.63. The van der Waals surface area contributed by atoms with Crippen molar-refractivity contribution in [2.45, 2.75) is 45.2 Å². The smallest absolute Gasteiger partial charge is 0.0453 e. The van der Waals surface area contributed by atoms with Gasteiger partial charge in [-0.1, -0.05) is 36.7 Å². The molecule has 0 radical (unpaired) electrons. The van der Waals surface area contributed by atoms with Crippen LogP contribution in [0.15, 0.2) is 24.3 Å². The van der Waals surface area contributed by atoms with Crippen molar-refractivity contribution in [3.05, 3.63) is 34.9 Å². The van der Waals surface area contributed by atoms with Gasteiger partial charge in [0.25, 0.3) is 0 Å². The SMILES string of the molecule is CNC(CCN1CCCC(C)C1C)c1ccccc1Cl. The van der Waals surface area contributed by atoms with Crippen molar-refractivity contribution in [2.75, 3.05) is 20.1 Å². The minimum Gasteiger partial charge on any atom is -0.313 e. The highest BCUT2D eigenvalue weighted by Crippen LogP contribution is 2.27. The van der Waals surface area contributed by atoms with Crippen LogP contribution < -0.4 is 5.32 Å². The number of nitrogens with zero attached hydrogens (tertiary/aromatic N) is 1. The van der Waals surface area contributed by atoms with Crippen molar-refractivity contribution in [3.8, 4) is 0 Å². The first-order valence-electron chi connectivity index (χ1n) is 7.79. The van der Waals surface area contributed by atoms with Crippen molar-refractivity contribution in [2.24, 2.45) is 5.92 Å². The van der Waals surface area contributed by atoms with E-state index in [2.05, 4.69) is 36.2 Å². The van der Waals surface area contributed by atoms with E-state index >= 15 is 0 Å². The molecular formula is C17H27ClN2. The fourth-order valence-electron chi connectivity index (χ4n) is 3.24. The Morgan fingerprint density at radius 1 is 1.35 bits per heavy atom. The Labute approximate surface area is 128 Å². The number of hydrogen-bond acceptors (Lipinski definition) is 2. The standard InChI is InChI=1S/C17H27ClN2/c1-13-7-6-11-20(14(13)2)12-10-17(19-3)15-8-4-5-9-16(15)18/h4-5,8-9,13-14,17,19H,6-7,10-12H2,1-3H3. The molecule has 1 fully saturated rings. The summed E-state index contributed by atoms with van der Waals surface area (Å²) >= 11 is 6.32. The van der Waals surface area contributed by atoms with Gasteiger partial charge in [0, 0.05) is 23.7 Å². The number of piperidine rings is 1. The maximum atomic E-state index is 6.32. The fraction of sp³-hybridized carbons (Fsp3) is 0.647. The third-order valence-electron chi connectivity index (χ3n) is 4.84. The number of rotatable bonds is 5. The van der Waals surface area contributed by atoms with Gasteiger partial charge in [-0.25, -0.2) is 0 Å². The summed E-state index contributed by atoms with van der Waals surface area (Å²) < 4.78 is 0. The average molecular weight is 295 g/mol. The first-order chi connectivity index (χ1) is 9.63. The van der Waals surface area contributed by atoms with Crippen LogP contribution in [0.4, 0.5) is 0 Å². The van der Waals surface area contributed by atoms with E-state index in [-0.39, 0.29) is 0 Å². The molecule has 1 aromatic carbocycles. The fourth-order valence-corrected chi connectivity index (χ4v) is 3.51. The summed E-state index contributed by atoms with van der Waals surface area (Å²) in [5.74, 6) is 0.817. The predicted octanol–water partition coefficient (Wildman–Crippen LogP) is 4.11. The van der Waals surface area contributed by atoms with E-state index in [1.807, 2.05) is 19.2 Å². The van der Waals surface area contributed by atoms with Crippen molar-refractivity contribution in [1.82, 2.24) is 10.2 Å². The molecule has 0 saturated carbocycles. The molecule has 1 heterocycles. The van der Waals surface area contributed by atoms with Gasteiger partial charge in [-0.05, 0) is 57.3 Å². The molecule has 0 aromatic heterocycles. The van der Waals surface area contributed by atoms with Crippen molar-refractivity contribution < 1.29 is 0 Å². The van der Waals surface area contributed by atoms with E-state index in [9.17, 15) is 0 Å². The summed E-state index contributed by atoms with van der Waals surface area (Å²) in [5, 5.41) is 4.28. The van der Waals surface area contributed by atoms with Crippen LogP contribution in [-0.4, -0.2) is 31.1 Å². The Morgan fingerprint density at radius 3 is 2.80 bits per heavy atom. The van der Waals surface area contributed by atoms with Gasteiger partial charge in [0.1, 0.15) is 0 Å². The predicted molar refractivity (Wildman–Crippen MR) is 87.3 cm³/mol. The quantitative estimate of drug-likeness (QED) is 0.879. The summed E-state index contributed by atoms with van der Waals surface area (Å²) in [6.45, 7) is 7.13. The highest BCUT2D eigenvalue weighted by molar-refractivity contribution is 6.31. The topological polar surface area (TPSA) is 15.3 Å². The molecule has 3 atom stereocenters. The van der Waals surface area contributed by atoms with Crippen LogP contribution in [0, 0.1) is 5.92 Å². The third kappa shape index (κ3) is 3.75. The Hall–Kier alpha value is -0.570. The zero-order valence-corrected chi connectivity index (χ0v) is 13.7. The number of hydrogen-bond donors (Lipinski definition) is 1. The molecule has 3 unspecified atom stereocenters. The second-order valence-electron chi connectivity index (χ2n) is 6.05. The van der Waals surface area contributed by atoms with Crippen molar-refractivity contribution >= 4 is 11.6 Å². The second-order valence-corrected chi connectivity index (χ2v) is 6.45. The third-order valence-corrected chi connectivity index (χ3v) is 5.18. The largest absolute Gasteiger partial charge is 0.313 e. The van der Waals surface area contributed by atoms with Gasteiger partial charge in [-0.3, -0.25) is 0 Å². The van der Waals surface area contributed by atoms with Gasteiger partial charge in [-0.15, -0.1) is 0 Å². The van der Waals surface area contributed by atoms with Crippen LogP contribution in [0.3, 0.4) is 0 Å². The van der Waals surface area contributed by atoms with E-state index in [1.54, 1.807) is 0 Å². The molecule has 1 aromatic rings. The van der Waals surface area contributed by atoms with Gasteiger partial charge in [0.2, 0.25) is 0 Å². The molecule has 0 spiro atoms. The molecule has 2 nitrogen and oxygen atoms in total. The number of benzene rings is 1. The molecule has 1 aliphatic rings. The van der Waals surface area contributed by atoms with E-state index in [0.29, 0.717) is 12.1 Å². The van der Waals surface area contributed by atoms with Gasteiger partial charge >= 0.3 is 0 Å². The maximum absolute atomic E-state index is 6.32. The summed E-state index contributed by atoms with van der Waals surface area (Å²) in [7, 11) is 2.02. The maximum Gasteiger partial charge on any atom is 0.0453 e. The summed E-state index contributed by atoms with van der Waals surface area (Å²) in [6, 6.07) is 9.21. The molecule has 0 aliphatic carbocycles. The number of likely N-dealkylation sites (tertiary alicyclic amines) is 1. The Balaban J connectivity index is 1.96. The van der Waals surface area contributed by atoms with E-state index in [0.717, 1.165) is 23.9 Å². The summed E-state index contributed by atoms with van der Waals surface area (Å²) in [6.07, 6.45) is 3.82. The zero-order chi connectivity index (χ0) is 14.5.